The second kappa shape index (κ2) is 5.89. The summed E-state index contributed by atoms with van der Waals surface area (Å²) in [7, 11) is 0. The van der Waals surface area contributed by atoms with Gasteiger partial charge in [0.2, 0.25) is 0 Å². The topological polar surface area (TPSA) is 62.7 Å². The van der Waals surface area contributed by atoms with Crippen LogP contribution < -0.4 is 9.64 Å². The van der Waals surface area contributed by atoms with Gasteiger partial charge in [0, 0.05) is 13.1 Å². The maximum atomic E-state index is 11.0. The van der Waals surface area contributed by atoms with E-state index in [1.807, 2.05) is 25.1 Å². The third-order valence-electron chi connectivity index (χ3n) is 3.77. The minimum Gasteiger partial charge on any atom is -0.494 e. The van der Waals surface area contributed by atoms with Crippen molar-refractivity contribution in [2.75, 3.05) is 24.6 Å². The SMILES string of the molecule is CCOc1ccc2nc(N3CCC(C(=O)O)CC3)sc2c1. The predicted molar refractivity (Wildman–Crippen MR) is 83.4 cm³/mol. The van der Waals surface area contributed by atoms with Crippen molar-refractivity contribution in [1.29, 1.82) is 0 Å². The number of hydrogen-bond acceptors (Lipinski definition) is 5. The fourth-order valence-electron chi connectivity index (χ4n) is 2.60. The van der Waals surface area contributed by atoms with E-state index >= 15 is 0 Å². The van der Waals surface area contributed by atoms with Gasteiger partial charge in [-0.3, -0.25) is 4.79 Å². The average Bonchev–Trinajstić information content (AvgIpc) is 2.91. The van der Waals surface area contributed by atoms with Gasteiger partial charge >= 0.3 is 5.97 Å². The molecule has 0 amide bonds. The molecule has 1 N–H and O–H groups in total. The van der Waals surface area contributed by atoms with Gasteiger partial charge in [0.15, 0.2) is 5.13 Å². The van der Waals surface area contributed by atoms with E-state index in [0.717, 1.165) is 34.2 Å². The summed E-state index contributed by atoms with van der Waals surface area (Å²) >= 11 is 1.64. The maximum Gasteiger partial charge on any atom is 0.306 e. The van der Waals surface area contributed by atoms with Crippen LogP contribution in [0.4, 0.5) is 5.13 Å². The van der Waals surface area contributed by atoms with E-state index in [2.05, 4.69) is 9.88 Å². The molecule has 1 aromatic heterocycles. The number of aliphatic carboxylic acids is 1. The average molecular weight is 306 g/mol. The Morgan fingerprint density at radius 3 is 2.90 bits per heavy atom. The maximum absolute atomic E-state index is 11.0. The Morgan fingerprint density at radius 2 is 2.24 bits per heavy atom. The molecule has 112 valence electrons. The number of piperidine rings is 1. The van der Waals surface area contributed by atoms with Gasteiger partial charge in [-0.05, 0) is 38.0 Å². The van der Waals surface area contributed by atoms with Crippen LogP contribution in [-0.4, -0.2) is 35.8 Å². The van der Waals surface area contributed by atoms with Gasteiger partial charge in [-0.25, -0.2) is 4.98 Å². The first-order valence-electron chi connectivity index (χ1n) is 7.18. The number of carbonyl (C=O) groups is 1. The van der Waals surface area contributed by atoms with E-state index in [-0.39, 0.29) is 5.92 Å². The van der Waals surface area contributed by atoms with Crippen LogP contribution in [-0.2, 0) is 4.79 Å². The molecule has 1 fully saturated rings. The molecule has 1 aliphatic rings. The highest BCUT2D eigenvalue weighted by atomic mass is 32.1. The van der Waals surface area contributed by atoms with Crippen LogP contribution in [0.2, 0.25) is 0 Å². The Morgan fingerprint density at radius 1 is 1.48 bits per heavy atom. The molecular formula is C15H18N2O3S. The molecule has 0 bridgehead atoms. The molecule has 1 saturated heterocycles. The fraction of sp³-hybridized carbons (Fsp3) is 0.467. The number of thiazole rings is 1. The van der Waals surface area contributed by atoms with Crippen molar-refractivity contribution in [3.05, 3.63) is 18.2 Å². The number of anilines is 1. The zero-order valence-electron chi connectivity index (χ0n) is 11.9. The van der Waals surface area contributed by atoms with Gasteiger partial charge in [-0.2, -0.15) is 0 Å². The summed E-state index contributed by atoms with van der Waals surface area (Å²) in [5, 5.41) is 10.0. The summed E-state index contributed by atoms with van der Waals surface area (Å²) < 4.78 is 6.62. The molecule has 2 aromatic rings. The first-order valence-corrected chi connectivity index (χ1v) is 8.00. The van der Waals surface area contributed by atoms with E-state index in [4.69, 9.17) is 9.84 Å². The summed E-state index contributed by atoms with van der Waals surface area (Å²) in [6.45, 7) is 4.14. The second-order valence-electron chi connectivity index (χ2n) is 5.16. The number of carboxylic acid groups (broad SMARTS) is 1. The van der Waals surface area contributed by atoms with E-state index in [9.17, 15) is 4.79 Å². The highest BCUT2D eigenvalue weighted by molar-refractivity contribution is 7.22. The summed E-state index contributed by atoms with van der Waals surface area (Å²) in [5.41, 5.74) is 0.971. The molecule has 1 aliphatic heterocycles. The van der Waals surface area contributed by atoms with Crippen molar-refractivity contribution in [3.63, 3.8) is 0 Å². The van der Waals surface area contributed by atoms with Crippen LogP contribution in [0.5, 0.6) is 5.75 Å². The number of rotatable bonds is 4. The highest BCUT2D eigenvalue weighted by Gasteiger charge is 2.25. The Hall–Kier alpha value is -1.82. The van der Waals surface area contributed by atoms with Crippen LogP contribution >= 0.6 is 11.3 Å². The quantitative estimate of drug-likeness (QED) is 0.941. The second-order valence-corrected chi connectivity index (χ2v) is 6.17. The van der Waals surface area contributed by atoms with E-state index in [1.54, 1.807) is 11.3 Å². The first kappa shape index (κ1) is 14.1. The zero-order valence-corrected chi connectivity index (χ0v) is 12.7. The molecule has 5 nitrogen and oxygen atoms in total. The normalized spacial score (nSPS) is 16.3. The smallest absolute Gasteiger partial charge is 0.306 e. The van der Waals surface area contributed by atoms with Crippen molar-refractivity contribution in [2.45, 2.75) is 19.8 Å². The Labute approximate surface area is 127 Å². The van der Waals surface area contributed by atoms with Crippen molar-refractivity contribution in [3.8, 4) is 5.75 Å². The lowest BCUT2D eigenvalue weighted by atomic mass is 9.98. The summed E-state index contributed by atoms with van der Waals surface area (Å²) in [6, 6.07) is 5.93. The Kier molecular flexibility index (Phi) is 3.96. The number of carboxylic acids is 1. The number of fused-ring (bicyclic) bond motifs is 1. The van der Waals surface area contributed by atoms with Gasteiger partial charge in [-0.1, -0.05) is 11.3 Å². The van der Waals surface area contributed by atoms with Crippen molar-refractivity contribution in [1.82, 2.24) is 4.98 Å². The van der Waals surface area contributed by atoms with Gasteiger partial charge in [-0.15, -0.1) is 0 Å². The molecule has 0 saturated carbocycles. The van der Waals surface area contributed by atoms with E-state index in [1.165, 1.54) is 0 Å². The number of aromatic nitrogens is 1. The minimum atomic E-state index is -0.680. The molecule has 0 radical (unpaired) electrons. The molecule has 0 spiro atoms. The van der Waals surface area contributed by atoms with Gasteiger partial charge < -0.3 is 14.7 Å². The van der Waals surface area contributed by atoms with E-state index in [0.29, 0.717) is 19.4 Å². The largest absolute Gasteiger partial charge is 0.494 e. The highest BCUT2D eigenvalue weighted by Crippen LogP contribution is 2.33. The van der Waals surface area contributed by atoms with Crippen LogP contribution in [0.25, 0.3) is 10.2 Å². The standard InChI is InChI=1S/C15H18N2O3S/c1-2-20-11-3-4-12-13(9-11)21-15(16-12)17-7-5-10(6-8-17)14(18)19/h3-4,9-10H,2,5-8H2,1H3,(H,18,19). The molecule has 1 aromatic carbocycles. The molecule has 3 rings (SSSR count). The third-order valence-corrected chi connectivity index (χ3v) is 4.85. The molecule has 2 heterocycles. The Bertz CT molecular complexity index is 647. The summed E-state index contributed by atoms with van der Waals surface area (Å²) in [4.78, 5) is 17.8. The lowest BCUT2D eigenvalue weighted by Crippen LogP contribution is -2.36. The Balaban J connectivity index is 1.77. The van der Waals surface area contributed by atoms with Gasteiger partial charge in [0.1, 0.15) is 5.75 Å². The van der Waals surface area contributed by atoms with Crippen LogP contribution in [0.3, 0.4) is 0 Å². The minimum absolute atomic E-state index is 0.208. The van der Waals surface area contributed by atoms with Crippen molar-refractivity contribution < 1.29 is 14.6 Å². The van der Waals surface area contributed by atoms with Gasteiger partial charge in [0.25, 0.3) is 0 Å². The van der Waals surface area contributed by atoms with Gasteiger partial charge in [0.05, 0.1) is 22.7 Å². The molecule has 21 heavy (non-hydrogen) atoms. The molecule has 0 atom stereocenters. The lowest BCUT2D eigenvalue weighted by molar-refractivity contribution is -0.142. The molecular weight excluding hydrogens is 288 g/mol. The van der Waals surface area contributed by atoms with Crippen LogP contribution in [0, 0.1) is 5.92 Å². The molecule has 0 unspecified atom stereocenters. The van der Waals surface area contributed by atoms with Crippen molar-refractivity contribution >= 4 is 32.7 Å². The summed E-state index contributed by atoms with van der Waals surface area (Å²) in [6.07, 6.45) is 1.38. The molecule has 6 heteroatoms. The van der Waals surface area contributed by atoms with E-state index < -0.39 is 5.97 Å². The fourth-order valence-corrected chi connectivity index (χ4v) is 3.65. The summed E-state index contributed by atoms with van der Waals surface area (Å²) in [5.74, 6) is -0.0229. The lowest BCUT2D eigenvalue weighted by Gasteiger charge is -2.29. The monoisotopic (exact) mass is 306 g/mol. The molecule has 0 aliphatic carbocycles. The zero-order chi connectivity index (χ0) is 14.8. The number of hydrogen-bond donors (Lipinski definition) is 1. The predicted octanol–water partition coefficient (Wildman–Crippen LogP) is 3.00. The van der Waals surface area contributed by atoms with Crippen molar-refractivity contribution in [2.24, 2.45) is 5.92 Å². The number of ether oxygens (including phenoxy) is 1. The van der Waals surface area contributed by atoms with Crippen LogP contribution in [0.1, 0.15) is 19.8 Å². The first-order chi connectivity index (χ1) is 10.2. The third kappa shape index (κ3) is 2.95. The number of nitrogens with zero attached hydrogens (tertiary/aromatic N) is 2. The van der Waals surface area contributed by atoms with Crippen LogP contribution in [0.15, 0.2) is 18.2 Å². The number of benzene rings is 1.